The van der Waals surface area contributed by atoms with Crippen molar-refractivity contribution in [2.45, 2.75) is 39.2 Å². The van der Waals surface area contributed by atoms with Crippen LogP contribution in [0.25, 0.3) is 11.3 Å². The van der Waals surface area contributed by atoms with E-state index in [0.29, 0.717) is 47.2 Å². The summed E-state index contributed by atoms with van der Waals surface area (Å²) in [6.07, 6.45) is -0.725. The van der Waals surface area contributed by atoms with Crippen LogP contribution in [0.4, 0.5) is 36.3 Å². The third kappa shape index (κ3) is 8.63. The van der Waals surface area contributed by atoms with Crippen molar-refractivity contribution in [2.24, 2.45) is 0 Å². The van der Waals surface area contributed by atoms with Gasteiger partial charge < -0.3 is 30.5 Å². The average molecular weight is 649 g/mol. The third-order valence-corrected chi connectivity index (χ3v) is 7.84. The zero-order valence-electron chi connectivity index (χ0n) is 24.6. The first-order valence-corrected chi connectivity index (χ1v) is 15.5. The number of aliphatic hydroxyl groups is 1. The number of pyridine rings is 1. The lowest BCUT2D eigenvalue weighted by atomic mass is 10.1. The molecule has 3 heterocycles. The monoisotopic (exact) mass is 648 g/mol. The van der Waals surface area contributed by atoms with E-state index in [1.807, 2.05) is 0 Å². The second kappa shape index (κ2) is 14.2. The summed E-state index contributed by atoms with van der Waals surface area (Å²) in [7, 11) is -2.46. The Morgan fingerprint density at radius 2 is 1.87 bits per heavy atom. The van der Waals surface area contributed by atoms with Gasteiger partial charge in [-0.2, -0.15) is 23.3 Å². The van der Waals surface area contributed by atoms with Gasteiger partial charge in [-0.15, -0.1) is 0 Å². The molecule has 0 aliphatic rings. The molecular formula is C28H32F3N8O5P. The van der Waals surface area contributed by atoms with Gasteiger partial charge in [0.15, 0.2) is 5.69 Å². The first-order chi connectivity index (χ1) is 21.3. The van der Waals surface area contributed by atoms with Gasteiger partial charge in [-0.25, -0.2) is 9.97 Å². The molecule has 0 radical (unpaired) electrons. The van der Waals surface area contributed by atoms with Crippen LogP contribution in [0.1, 0.15) is 40.5 Å². The molecule has 4 rings (SSSR count). The number of nitrogens with zero attached hydrogens (tertiary/aromatic N) is 5. The summed E-state index contributed by atoms with van der Waals surface area (Å²) >= 11 is 0. The number of carbonyl (C=O) groups is 1. The van der Waals surface area contributed by atoms with E-state index in [4.69, 9.17) is 9.63 Å². The van der Waals surface area contributed by atoms with Gasteiger partial charge in [0.25, 0.3) is 5.91 Å². The Hall–Kier alpha value is -4.37. The summed E-state index contributed by atoms with van der Waals surface area (Å²) in [6.45, 7) is 3.85. The molecular weight excluding hydrogens is 616 g/mol. The summed E-state index contributed by atoms with van der Waals surface area (Å²) in [6, 6.07) is 7.76. The lowest BCUT2D eigenvalue weighted by Gasteiger charge is -2.17. The second-order valence-corrected chi connectivity index (χ2v) is 11.7. The highest BCUT2D eigenvalue weighted by Gasteiger charge is 2.36. The minimum atomic E-state index is -4.83. The smallest absolute Gasteiger partial charge is 0.396 e. The topological polar surface area (TPSA) is 176 Å². The normalized spacial score (nSPS) is 12.9. The number of aliphatic hydroxyl groups excluding tert-OH is 1. The van der Waals surface area contributed by atoms with Crippen molar-refractivity contribution in [1.82, 2.24) is 30.0 Å². The molecule has 13 nitrogen and oxygen atoms in total. The average Bonchev–Trinajstić information content (AvgIpc) is 3.45. The molecule has 0 aliphatic carbocycles. The number of benzene rings is 1. The predicted molar refractivity (Wildman–Crippen MR) is 160 cm³/mol. The molecule has 1 aromatic carbocycles. The largest absolute Gasteiger partial charge is 0.421 e. The molecule has 1 unspecified atom stereocenters. The van der Waals surface area contributed by atoms with E-state index in [2.05, 4.69) is 36.0 Å². The SMILES string of the molecule is CCOP(=O)(O)Cc1ccc(Nc2ncc(C(F)(F)F)c(Nc3ccc(-c4cnn(CCCO)c4)nc3C(=O)NC)n2)c(C)c1. The van der Waals surface area contributed by atoms with Crippen molar-refractivity contribution in [3.8, 4) is 11.3 Å². The minimum absolute atomic E-state index is 0.00950. The van der Waals surface area contributed by atoms with E-state index in [1.165, 1.54) is 25.4 Å². The Kier molecular flexibility index (Phi) is 10.5. The number of aryl methyl sites for hydroxylation is 2. The summed E-state index contributed by atoms with van der Waals surface area (Å²) in [5.41, 5.74) is 1.12. The Bertz CT molecular complexity index is 1720. The molecule has 45 heavy (non-hydrogen) atoms. The molecule has 5 N–H and O–H groups in total. The highest BCUT2D eigenvalue weighted by Crippen LogP contribution is 2.45. The molecule has 240 valence electrons. The van der Waals surface area contributed by atoms with Gasteiger partial charge in [0.05, 0.1) is 30.3 Å². The zero-order valence-corrected chi connectivity index (χ0v) is 25.5. The Balaban J connectivity index is 1.65. The van der Waals surface area contributed by atoms with Crippen molar-refractivity contribution in [2.75, 3.05) is 30.9 Å². The van der Waals surface area contributed by atoms with Crippen LogP contribution in [0, 0.1) is 6.92 Å². The molecule has 0 saturated heterocycles. The molecule has 17 heteroatoms. The molecule has 1 atom stereocenters. The maximum absolute atomic E-state index is 14.0. The number of aromatic nitrogens is 5. The molecule has 0 saturated carbocycles. The van der Waals surface area contributed by atoms with E-state index in [-0.39, 0.29) is 36.7 Å². The Morgan fingerprint density at radius 1 is 1.11 bits per heavy atom. The van der Waals surface area contributed by atoms with Crippen molar-refractivity contribution < 1.29 is 37.1 Å². The van der Waals surface area contributed by atoms with Crippen LogP contribution in [0.2, 0.25) is 0 Å². The van der Waals surface area contributed by atoms with E-state index in [0.717, 1.165) is 0 Å². The fraction of sp³-hybridized carbons (Fsp3) is 0.321. The number of alkyl halides is 3. The van der Waals surface area contributed by atoms with Crippen LogP contribution in [0.3, 0.4) is 0 Å². The van der Waals surface area contributed by atoms with Gasteiger partial charge in [-0.1, -0.05) is 12.1 Å². The maximum Gasteiger partial charge on any atom is 0.421 e. The quantitative estimate of drug-likeness (QED) is 0.123. The van der Waals surface area contributed by atoms with Gasteiger partial charge in [-0.3, -0.25) is 14.0 Å². The van der Waals surface area contributed by atoms with Crippen molar-refractivity contribution >= 4 is 36.6 Å². The number of hydrogen-bond acceptors (Lipinski definition) is 10. The number of halogens is 3. The minimum Gasteiger partial charge on any atom is -0.396 e. The van der Waals surface area contributed by atoms with Crippen LogP contribution in [0.5, 0.6) is 0 Å². The van der Waals surface area contributed by atoms with Crippen LogP contribution in [-0.4, -0.2) is 60.9 Å². The van der Waals surface area contributed by atoms with Crippen molar-refractivity contribution in [1.29, 1.82) is 0 Å². The number of rotatable bonds is 13. The van der Waals surface area contributed by atoms with Gasteiger partial charge in [0.2, 0.25) is 5.95 Å². The number of carbonyl (C=O) groups excluding carboxylic acids is 1. The molecule has 0 bridgehead atoms. The molecule has 3 aromatic heterocycles. The Morgan fingerprint density at radius 3 is 2.53 bits per heavy atom. The van der Waals surface area contributed by atoms with Crippen molar-refractivity contribution in [3.05, 3.63) is 71.3 Å². The van der Waals surface area contributed by atoms with E-state index >= 15 is 0 Å². The second-order valence-electron chi connectivity index (χ2n) is 9.81. The summed E-state index contributed by atoms with van der Waals surface area (Å²) in [4.78, 5) is 35.0. The van der Waals surface area contributed by atoms with Gasteiger partial charge in [-0.05, 0) is 49.6 Å². The number of hydrogen-bond donors (Lipinski definition) is 5. The zero-order chi connectivity index (χ0) is 32.8. The lowest BCUT2D eigenvalue weighted by Crippen LogP contribution is -2.21. The molecule has 0 spiro atoms. The number of amides is 1. The first-order valence-electron chi connectivity index (χ1n) is 13.7. The number of nitrogens with one attached hydrogen (secondary N) is 3. The van der Waals surface area contributed by atoms with Crippen molar-refractivity contribution in [3.63, 3.8) is 0 Å². The van der Waals surface area contributed by atoms with Crippen LogP contribution in [0.15, 0.2) is 48.9 Å². The van der Waals surface area contributed by atoms with Crippen LogP contribution in [-0.2, 0) is 28.0 Å². The summed E-state index contributed by atoms with van der Waals surface area (Å²) in [5.74, 6) is -1.45. The Labute approximate surface area is 256 Å². The first kappa shape index (κ1) is 33.5. The molecule has 4 aromatic rings. The van der Waals surface area contributed by atoms with Gasteiger partial charge >= 0.3 is 13.8 Å². The summed E-state index contributed by atoms with van der Waals surface area (Å²) < 4.78 is 60.6. The maximum atomic E-state index is 14.0. The fourth-order valence-corrected chi connectivity index (χ4v) is 5.45. The van der Waals surface area contributed by atoms with Gasteiger partial charge in [0, 0.05) is 43.8 Å². The van der Waals surface area contributed by atoms with E-state index in [9.17, 15) is 27.4 Å². The highest BCUT2D eigenvalue weighted by atomic mass is 31.2. The van der Waals surface area contributed by atoms with Crippen LogP contribution >= 0.6 is 7.60 Å². The standard InChI is InChI=1S/C28H32F3N8O5P/c1-4-44-45(42,43)16-18-6-7-21(17(2)12-18)37-27-33-14-20(28(29,30)31)25(38-27)36-23-9-8-22(35-24(23)26(41)32-3)19-13-34-39(15-19)10-5-11-40/h6-9,12-15,40H,4-5,10-11,16H2,1-3H3,(H,32,41)(H,42,43)(H2,33,36,37,38). The molecule has 0 aliphatic heterocycles. The number of anilines is 4. The van der Waals surface area contributed by atoms with Gasteiger partial charge in [0.1, 0.15) is 11.4 Å². The van der Waals surface area contributed by atoms with E-state index in [1.54, 1.807) is 42.9 Å². The predicted octanol–water partition coefficient (Wildman–Crippen LogP) is 5.01. The van der Waals surface area contributed by atoms with E-state index < -0.39 is 31.1 Å². The highest BCUT2D eigenvalue weighted by molar-refractivity contribution is 7.51. The summed E-state index contributed by atoms with van der Waals surface area (Å²) in [5, 5.41) is 21.2. The lowest BCUT2D eigenvalue weighted by molar-refractivity contribution is -0.137. The fourth-order valence-electron chi connectivity index (χ4n) is 4.30. The molecule has 1 amide bonds. The third-order valence-electron chi connectivity index (χ3n) is 6.41. The molecule has 0 fully saturated rings. The van der Waals surface area contributed by atoms with Crippen LogP contribution < -0.4 is 16.0 Å².